The van der Waals surface area contributed by atoms with Crippen molar-refractivity contribution in [2.24, 2.45) is 5.73 Å². The highest BCUT2D eigenvalue weighted by Gasteiger charge is 2.57. The summed E-state index contributed by atoms with van der Waals surface area (Å²) in [5.41, 5.74) is 4.80. The first-order valence-corrected chi connectivity index (χ1v) is 3.54. The van der Waals surface area contributed by atoms with Crippen molar-refractivity contribution in [1.29, 1.82) is 0 Å². The van der Waals surface area contributed by atoms with E-state index in [4.69, 9.17) is 5.73 Å². The molecule has 0 bridgehead atoms. The number of halogens is 1. The number of alkyl halides is 1. The molecule has 52 valence electrons. The fraction of sp³-hybridized carbons (Fsp3) is 0.800. The lowest BCUT2D eigenvalue weighted by atomic mass is 10.3. The molecule has 1 fully saturated rings. The van der Waals surface area contributed by atoms with Crippen molar-refractivity contribution in [2.75, 3.05) is 7.11 Å². The molecule has 0 aromatic carbocycles. The second-order valence-electron chi connectivity index (χ2n) is 2.20. The summed E-state index contributed by atoms with van der Waals surface area (Å²) in [5, 5.41) is 0. The Morgan fingerprint density at radius 2 is 2.44 bits per heavy atom. The Kier molecular flexibility index (Phi) is 1.52. The molecule has 0 unspecified atom stereocenters. The Hall–Kier alpha value is -0.0900. The molecule has 0 aromatic rings. The molecule has 2 atom stereocenters. The Balaban J connectivity index is 2.53. The van der Waals surface area contributed by atoms with Crippen molar-refractivity contribution in [2.45, 2.75) is 16.8 Å². The molecular formula is C5H8BrNO2. The normalized spacial score (nSPS) is 40.1. The summed E-state index contributed by atoms with van der Waals surface area (Å²) in [6.45, 7) is 0. The third kappa shape index (κ3) is 0.966. The molecule has 0 amide bonds. The molecule has 0 heterocycles. The summed E-state index contributed by atoms with van der Waals surface area (Å²) in [4.78, 5) is 10.8. The van der Waals surface area contributed by atoms with Gasteiger partial charge in [0.25, 0.3) is 0 Å². The molecule has 0 spiro atoms. The molecule has 0 aromatic heterocycles. The molecule has 0 radical (unpaired) electrons. The van der Waals surface area contributed by atoms with Crippen LogP contribution >= 0.6 is 15.9 Å². The van der Waals surface area contributed by atoms with Gasteiger partial charge in [0.2, 0.25) is 0 Å². The zero-order valence-corrected chi connectivity index (χ0v) is 6.64. The summed E-state index contributed by atoms with van der Waals surface area (Å²) in [7, 11) is 1.34. The molecule has 1 aliphatic rings. The van der Waals surface area contributed by atoms with E-state index in [-0.39, 0.29) is 10.8 Å². The Bertz CT molecular complexity index is 150. The van der Waals surface area contributed by atoms with Crippen LogP contribution in [0.5, 0.6) is 0 Å². The molecule has 1 aliphatic carbocycles. The van der Waals surface area contributed by atoms with Crippen LogP contribution in [0.2, 0.25) is 0 Å². The highest BCUT2D eigenvalue weighted by Crippen LogP contribution is 2.40. The molecule has 1 saturated carbocycles. The van der Waals surface area contributed by atoms with Crippen molar-refractivity contribution in [3.63, 3.8) is 0 Å². The van der Waals surface area contributed by atoms with Crippen molar-refractivity contribution in [1.82, 2.24) is 0 Å². The second kappa shape index (κ2) is 1.95. The fourth-order valence-corrected chi connectivity index (χ4v) is 1.36. The molecule has 0 saturated heterocycles. The van der Waals surface area contributed by atoms with E-state index < -0.39 is 5.54 Å². The first-order chi connectivity index (χ1) is 4.11. The number of methoxy groups -OCH3 is 1. The number of hydrogen-bond donors (Lipinski definition) is 1. The van der Waals surface area contributed by atoms with E-state index in [2.05, 4.69) is 20.7 Å². The van der Waals surface area contributed by atoms with Crippen LogP contribution in [0.3, 0.4) is 0 Å². The maximum Gasteiger partial charge on any atom is 0.327 e. The van der Waals surface area contributed by atoms with Gasteiger partial charge in [-0.25, -0.2) is 0 Å². The van der Waals surface area contributed by atoms with E-state index in [1.165, 1.54) is 7.11 Å². The van der Waals surface area contributed by atoms with Gasteiger partial charge in [0, 0.05) is 4.83 Å². The molecule has 1 rings (SSSR count). The Morgan fingerprint density at radius 1 is 2.00 bits per heavy atom. The summed E-state index contributed by atoms with van der Waals surface area (Å²) < 4.78 is 4.45. The lowest BCUT2D eigenvalue weighted by Crippen LogP contribution is -2.36. The molecule has 4 heteroatoms. The lowest BCUT2D eigenvalue weighted by molar-refractivity contribution is -0.143. The van der Waals surface area contributed by atoms with Crippen LogP contribution in [0.4, 0.5) is 0 Å². The van der Waals surface area contributed by atoms with Crippen molar-refractivity contribution in [3.05, 3.63) is 0 Å². The van der Waals surface area contributed by atoms with Crippen LogP contribution in [-0.4, -0.2) is 23.4 Å². The van der Waals surface area contributed by atoms with E-state index in [1.54, 1.807) is 0 Å². The van der Waals surface area contributed by atoms with Crippen LogP contribution < -0.4 is 5.73 Å². The van der Waals surface area contributed by atoms with Crippen molar-refractivity contribution < 1.29 is 9.53 Å². The third-order valence-corrected chi connectivity index (χ3v) is 2.62. The summed E-state index contributed by atoms with van der Waals surface area (Å²) in [5.74, 6) is -0.329. The number of nitrogens with two attached hydrogens (primary N) is 1. The summed E-state index contributed by atoms with van der Waals surface area (Å²) in [6, 6.07) is 0. The first-order valence-electron chi connectivity index (χ1n) is 2.62. The van der Waals surface area contributed by atoms with Gasteiger partial charge in [-0.3, -0.25) is 4.79 Å². The van der Waals surface area contributed by atoms with Crippen LogP contribution in [0.1, 0.15) is 6.42 Å². The Labute approximate surface area is 61.7 Å². The predicted molar refractivity (Wildman–Crippen MR) is 36.3 cm³/mol. The molecule has 9 heavy (non-hydrogen) atoms. The number of carbonyl (C=O) groups excluding carboxylic acids is 1. The summed E-state index contributed by atoms with van der Waals surface area (Å²) in [6.07, 6.45) is 0.680. The lowest BCUT2D eigenvalue weighted by Gasteiger charge is -2.04. The predicted octanol–water partition coefficient (Wildman–Crippen LogP) is 0.0241. The molecular weight excluding hydrogens is 186 g/mol. The summed E-state index contributed by atoms with van der Waals surface area (Å²) >= 11 is 3.22. The number of ether oxygens (including phenoxy) is 1. The van der Waals surface area contributed by atoms with Crippen LogP contribution in [0.15, 0.2) is 0 Å². The average Bonchev–Trinajstić information content (AvgIpc) is 2.41. The fourth-order valence-electron chi connectivity index (χ4n) is 0.639. The van der Waals surface area contributed by atoms with E-state index in [0.717, 1.165) is 0 Å². The van der Waals surface area contributed by atoms with Crippen LogP contribution in [0.25, 0.3) is 0 Å². The van der Waals surface area contributed by atoms with Gasteiger partial charge < -0.3 is 10.5 Å². The zero-order chi connectivity index (χ0) is 7.07. The maximum atomic E-state index is 10.7. The topological polar surface area (TPSA) is 52.3 Å². The quantitative estimate of drug-likeness (QED) is 0.473. The molecule has 0 aliphatic heterocycles. The van der Waals surface area contributed by atoms with Gasteiger partial charge in [-0.1, -0.05) is 15.9 Å². The number of rotatable bonds is 1. The van der Waals surface area contributed by atoms with Gasteiger partial charge in [-0.15, -0.1) is 0 Å². The van der Waals surface area contributed by atoms with E-state index in [0.29, 0.717) is 6.42 Å². The van der Waals surface area contributed by atoms with Gasteiger partial charge in [0.15, 0.2) is 0 Å². The smallest absolute Gasteiger partial charge is 0.327 e. The van der Waals surface area contributed by atoms with E-state index in [9.17, 15) is 4.79 Å². The van der Waals surface area contributed by atoms with Gasteiger partial charge in [-0.2, -0.15) is 0 Å². The second-order valence-corrected chi connectivity index (χ2v) is 3.31. The van der Waals surface area contributed by atoms with Gasteiger partial charge >= 0.3 is 5.97 Å². The Morgan fingerprint density at radius 3 is 2.56 bits per heavy atom. The average molecular weight is 194 g/mol. The van der Waals surface area contributed by atoms with Crippen LogP contribution in [-0.2, 0) is 9.53 Å². The molecule has 2 N–H and O–H groups in total. The molecule has 3 nitrogen and oxygen atoms in total. The van der Waals surface area contributed by atoms with Gasteiger partial charge in [0.05, 0.1) is 7.11 Å². The van der Waals surface area contributed by atoms with Crippen LogP contribution in [0, 0.1) is 0 Å². The highest BCUT2D eigenvalue weighted by molar-refractivity contribution is 9.09. The van der Waals surface area contributed by atoms with E-state index in [1.807, 2.05) is 0 Å². The minimum absolute atomic E-state index is 0.109. The number of hydrogen-bond acceptors (Lipinski definition) is 3. The van der Waals surface area contributed by atoms with Crippen molar-refractivity contribution >= 4 is 21.9 Å². The SMILES string of the molecule is COC(=O)[C@@]1(N)C[C@H]1Br. The number of esters is 1. The largest absolute Gasteiger partial charge is 0.468 e. The minimum Gasteiger partial charge on any atom is -0.468 e. The highest BCUT2D eigenvalue weighted by atomic mass is 79.9. The van der Waals surface area contributed by atoms with Gasteiger partial charge in [0.1, 0.15) is 5.54 Å². The minimum atomic E-state index is -0.727. The van der Waals surface area contributed by atoms with Crippen molar-refractivity contribution in [3.8, 4) is 0 Å². The zero-order valence-electron chi connectivity index (χ0n) is 5.06. The van der Waals surface area contributed by atoms with E-state index >= 15 is 0 Å². The number of carbonyl (C=O) groups is 1. The first kappa shape index (κ1) is 7.02. The monoisotopic (exact) mass is 193 g/mol. The third-order valence-electron chi connectivity index (χ3n) is 1.48. The maximum absolute atomic E-state index is 10.7. The standard InChI is InChI=1S/C5H8BrNO2/c1-9-4(8)5(7)2-3(5)6/h3H,2,7H2,1H3/t3-,5-/m1/s1. The van der Waals surface area contributed by atoms with Gasteiger partial charge in [-0.05, 0) is 6.42 Å².